The normalized spacial score (nSPS) is 20.5. The van der Waals surface area contributed by atoms with Crippen LogP contribution in [0.5, 0.6) is 0 Å². The molecule has 0 aromatic carbocycles. The third kappa shape index (κ3) is 3.68. The number of halogens is 3. The van der Waals surface area contributed by atoms with E-state index in [0.29, 0.717) is 35.9 Å². The molecule has 3 aromatic rings. The molecule has 2 fully saturated rings. The molecule has 0 radical (unpaired) electrons. The van der Waals surface area contributed by atoms with Crippen LogP contribution in [-0.4, -0.2) is 50.9 Å². The number of pyridine rings is 3. The van der Waals surface area contributed by atoms with Gasteiger partial charge in [0.2, 0.25) is 0 Å². The Morgan fingerprint density at radius 3 is 2.34 bits per heavy atom. The average Bonchev–Trinajstić information content (AvgIpc) is 3.08. The van der Waals surface area contributed by atoms with E-state index in [0.717, 1.165) is 25.0 Å². The van der Waals surface area contributed by atoms with Crippen molar-refractivity contribution in [2.45, 2.75) is 31.1 Å². The summed E-state index contributed by atoms with van der Waals surface area (Å²) in [4.78, 5) is 30.0. The SMILES string of the molecule is O=C(c1cccnc1-c1ccccn1)N1CC2CCC(C1)N2c1cc(C(F)(F)F)ccn1. The smallest absolute Gasteiger partial charge is 0.347 e. The molecule has 164 valence electrons. The van der Waals surface area contributed by atoms with Crippen LogP contribution in [0.2, 0.25) is 0 Å². The molecule has 2 atom stereocenters. The molecule has 2 unspecified atom stereocenters. The molecule has 3 aromatic heterocycles. The molecule has 0 saturated carbocycles. The topological polar surface area (TPSA) is 62.2 Å². The maximum absolute atomic E-state index is 13.4. The van der Waals surface area contributed by atoms with Crippen molar-refractivity contribution in [2.75, 3.05) is 18.0 Å². The molecule has 2 aliphatic rings. The van der Waals surface area contributed by atoms with E-state index < -0.39 is 11.7 Å². The van der Waals surface area contributed by atoms with Crippen LogP contribution in [0.1, 0.15) is 28.8 Å². The Hall–Kier alpha value is -3.49. The summed E-state index contributed by atoms with van der Waals surface area (Å²) >= 11 is 0. The summed E-state index contributed by atoms with van der Waals surface area (Å²) in [6.07, 6.45) is 1.65. The Morgan fingerprint density at radius 1 is 0.906 bits per heavy atom. The van der Waals surface area contributed by atoms with Crippen LogP contribution < -0.4 is 4.90 Å². The van der Waals surface area contributed by atoms with Gasteiger partial charge in [-0.1, -0.05) is 6.07 Å². The second-order valence-corrected chi connectivity index (χ2v) is 8.02. The van der Waals surface area contributed by atoms with Gasteiger partial charge in [-0.15, -0.1) is 0 Å². The molecule has 0 N–H and O–H groups in total. The Labute approximate surface area is 182 Å². The van der Waals surface area contributed by atoms with Crippen LogP contribution in [0.15, 0.2) is 61.1 Å². The summed E-state index contributed by atoms with van der Waals surface area (Å²) in [5, 5.41) is 0. The van der Waals surface area contributed by atoms with E-state index in [1.165, 1.54) is 6.20 Å². The highest BCUT2D eigenvalue weighted by Crippen LogP contribution is 2.37. The number of alkyl halides is 3. The molecule has 0 aliphatic carbocycles. The van der Waals surface area contributed by atoms with Gasteiger partial charge in [-0.2, -0.15) is 13.2 Å². The number of likely N-dealkylation sites (tertiary alicyclic amines) is 1. The Morgan fingerprint density at radius 2 is 1.66 bits per heavy atom. The minimum atomic E-state index is -4.42. The van der Waals surface area contributed by atoms with E-state index >= 15 is 0 Å². The van der Waals surface area contributed by atoms with E-state index in [4.69, 9.17) is 0 Å². The third-order valence-electron chi connectivity index (χ3n) is 6.05. The molecule has 5 rings (SSSR count). The van der Waals surface area contributed by atoms with Crippen LogP contribution in [0.3, 0.4) is 0 Å². The number of rotatable bonds is 3. The van der Waals surface area contributed by atoms with Gasteiger partial charge in [0.05, 0.1) is 16.8 Å². The molecule has 32 heavy (non-hydrogen) atoms. The Balaban J connectivity index is 1.40. The van der Waals surface area contributed by atoms with Crippen molar-refractivity contribution in [1.29, 1.82) is 0 Å². The second-order valence-electron chi connectivity index (χ2n) is 8.02. The fraction of sp³-hybridized carbons (Fsp3) is 0.304. The number of fused-ring (bicyclic) bond motifs is 2. The largest absolute Gasteiger partial charge is 0.416 e. The fourth-order valence-electron chi connectivity index (χ4n) is 4.63. The zero-order chi connectivity index (χ0) is 22.3. The van der Waals surface area contributed by atoms with Crippen LogP contribution in [0.4, 0.5) is 19.0 Å². The number of amides is 1. The van der Waals surface area contributed by atoms with Gasteiger partial charge in [-0.25, -0.2) is 4.98 Å². The lowest BCUT2D eigenvalue weighted by Gasteiger charge is -2.42. The van der Waals surface area contributed by atoms with Crippen molar-refractivity contribution in [2.24, 2.45) is 0 Å². The summed E-state index contributed by atoms with van der Waals surface area (Å²) in [5.74, 6) is 0.169. The van der Waals surface area contributed by atoms with Gasteiger partial charge < -0.3 is 9.80 Å². The second kappa shape index (κ2) is 7.89. The number of anilines is 1. The standard InChI is InChI=1S/C23H20F3N5O/c24-23(25,26)15-8-11-28-20(12-15)31-16-6-7-17(31)14-30(13-16)22(32)18-4-3-10-29-21(18)19-5-1-2-9-27-19/h1-5,8-12,16-17H,6-7,13-14H2. The number of hydrogen-bond acceptors (Lipinski definition) is 5. The van der Waals surface area contributed by atoms with E-state index in [1.54, 1.807) is 41.6 Å². The van der Waals surface area contributed by atoms with E-state index in [9.17, 15) is 18.0 Å². The molecule has 1 amide bonds. The van der Waals surface area contributed by atoms with Gasteiger partial charge in [0.15, 0.2) is 0 Å². The van der Waals surface area contributed by atoms with Crippen molar-refractivity contribution < 1.29 is 18.0 Å². The van der Waals surface area contributed by atoms with Gasteiger partial charge in [0, 0.05) is 43.8 Å². The van der Waals surface area contributed by atoms with Gasteiger partial charge in [-0.05, 0) is 49.2 Å². The van der Waals surface area contributed by atoms with Crippen molar-refractivity contribution in [1.82, 2.24) is 19.9 Å². The maximum atomic E-state index is 13.4. The summed E-state index contributed by atoms with van der Waals surface area (Å²) in [6.45, 7) is 0.841. The molecule has 2 aliphatic heterocycles. The molecule has 2 saturated heterocycles. The van der Waals surface area contributed by atoms with E-state index in [1.807, 2.05) is 11.0 Å². The maximum Gasteiger partial charge on any atom is 0.416 e. The Kier molecular flexibility index (Phi) is 5.03. The highest BCUT2D eigenvalue weighted by Gasteiger charge is 2.43. The number of piperazine rings is 1. The molecule has 5 heterocycles. The lowest BCUT2D eigenvalue weighted by molar-refractivity contribution is -0.137. The van der Waals surface area contributed by atoms with E-state index in [-0.39, 0.29) is 18.0 Å². The lowest BCUT2D eigenvalue weighted by atomic mass is 10.1. The number of nitrogens with zero attached hydrogens (tertiary/aromatic N) is 5. The summed E-state index contributed by atoms with van der Waals surface area (Å²) in [7, 11) is 0. The first-order valence-corrected chi connectivity index (χ1v) is 10.4. The highest BCUT2D eigenvalue weighted by atomic mass is 19.4. The first-order valence-electron chi connectivity index (χ1n) is 10.4. The van der Waals surface area contributed by atoms with Gasteiger partial charge in [0.1, 0.15) is 11.5 Å². The molecule has 6 nitrogen and oxygen atoms in total. The predicted octanol–water partition coefficient (Wildman–Crippen LogP) is 4.05. The zero-order valence-corrected chi connectivity index (χ0v) is 17.0. The lowest BCUT2D eigenvalue weighted by Crippen LogP contribution is -2.55. The van der Waals surface area contributed by atoms with Gasteiger partial charge >= 0.3 is 6.18 Å². The fourth-order valence-corrected chi connectivity index (χ4v) is 4.63. The zero-order valence-electron chi connectivity index (χ0n) is 17.0. The van der Waals surface area contributed by atoms with Crippen LogP contribution in [0.25, 0.3) is 11.4 Å². The predicted molar refractivity (Wildman–Crippen MR) is 112 cm³/mol. The van der Waals surface area contributed by atoms with Crippen molar-refractivity contribution in [3.8, 4) is 11.4 Å². The molecular weight excluding hydrogens is 419 g/mol. The first-order chi connectivity index (χ1) is 15.4. The monoisotopic (exact) mass is 439 g/mol. The van der Waals surface area contributed by atoms with Crippen LogP contribution in [0, 0.1) is 0 Å². The number of aromatic nitrogens is 3. The molecular formula is C23H20F3N5O. The minimum Gasteiger partial charge on any atom is -0.347 e. The van der Waals surface area contributed by atoms with E-state index in [2.05, 4.69) is 15.0 Å². The first kappa shape index (κ1) is 20.4. The van der Waals surface area contributed by atoms with Gasteiger partial charge in [0.25, 0.3) is 5.91 Å². The summed E-state index contributed by atoms with van der Waals surface area (Å²) < 4.78 is 39.5. The van der Waals surface area contributed by atoms with Crippen molar-refractivity contribution >= 4 is 11.7 Å². The highest BCUT2D eigenvalue weighted by molar-refractivity contribution is 5.99. The van der Waals surface area contributed by atoms with Crippen LogP contribution >= 0.6 is 0 Å². The third-order valence-corrected chi connectivity index (χ3v) is 6.05. The average molecular weight is 439 g/mol. The summed E-state index contributed by atoms with van der Waals surface area (Å²) in [5.41, 5.74) is 0.894. The number of carbonyl (C=O) groups is 1. The molecule has 9 heteroatoms. The molecule has 0 spiro atoms. The van der Waals surface area contributed by atoms with Gasteiger partial charge in [-0.3, -0.25) is 14.8 Å². The summed E-state index contributed by atoms with van der Waals surface area (Å²) in [6, 6.07) is 10.8. The molecule has 2 bridgehead atoms. The number of hydrogen-bond donors (Lipinski definition) is 0. The van der Waals surface area contributed by atoms with Crippen molar-refractivity contribution in [3.05, 3.63) is 72.2 Å². The van der Waals surface area contributed by atoms with Crippen molar-refractivity contribution in [3.63, 3.8) is 0 Å². The number of carbonyl (C=O) groups excluding carboxylic acids is 1. The Bertz CT molecular complexity index is 1120. The quantitative estimate of drug-likeness (QED) is 0.616. The van der Waals surface area contributed by atoms with Crippen LogP contribution in [-0.2, 0) is 6.18 Å². The minimum absolute atomic E-state index is 0.0799.